The molecule has 0 amide bonds. The molecule has 5 heteroatoms. The molecule has 1 N–H and O–H groups in total. The number of anilines is 1. The third-order valence-electron chi connectivity index (χ3n) is 4.28. The SMILES string of the molecule is CNC(C)Cc1noc(-c2ccccc2N2CCCCC2)n1. The maximum absolute atomic E-state index is 5.51. The van der Waals surface area contributed by atoms with Crippen LogP contribution in [0.25, 0.3) is 11.5 Å². The molecule has 1 aromatic carbocycles. The van der Waals surface area contributed by atoms with Gasteiger partial charge in [0.05, 0.1) is 5.56 Å². The zero-order chi connectivity index (χ0) is 15.4. The minimum atomic E-state index is 0.336. The van der Waals surface area contributed by atoms with Crippen LogP contribution >= 0.6 is 0 Å². The normalized spacial score (nSPS) is 16.7. The monoisotopic (exact) mass is 300 g/mol. The first kappa shape index (κ1) is 15.0. The van der Waals surface area contributed by atoms with Crippen molar-refractivity contribution in [1.82, 2.24) is 15.5 Å². The summed E-state index contributed by atoms with van der Waals surface area (Å²) in [5, 5.41) is 7.32. The molecule has 118 valence electrons. The molecule has 0 saturated carbocycles. The lowest BCUT2D eigenvalue weighted by atomic mass is 10.1. The van der Waals surface area contributed by atoms with Crippen molar-refractivity contribution in [3.63, 3.8) is 0 Å². The Morgan fingerprint density at radius 1 is 1.23 bits per heavy atom. The molecule has 0 spiro atoms. The third kappa shape index (κ3) is 3.30. The van der Waals surface area contributed by atoms with Crippen molar-refractivity contribution < 1.29 is 4.52 Å². The van der Waals surface area contributed by atoms with E-state index in [0.29, 0.717) is 11.9 Å². The van der Waals surface area contributed by atoms with Crippen molar-refractivity contribution in [3.8, 4) is 11.5 Å². The van der Waals surface area contributed by atoms with Crippen LogP contribution in [-0.2, 0) is 6.42 Å². The smallest absolute Gasteiger partial charge is 0.260 e. The molecule has 1 atom stereocenters. The molecule has 1 aliphatic heterocycles. The number of para-hydroxylation sites is 1. The van der Waals surface area contributed by atoms with E-state index in [-0.39, 0.29) is 0 Å². The van der Waals surface area contributed by atoms with Crippen molar-refractivity contribution in [2.75, 3.05) is 25.0 Å². The summed E-state index contributed by atoms with van der Waals surface area (Å²) in [6.45, 7) is 4.32. The maximum Gasteiger partial charge on any atom is 0.260 e. The molecular weight excluding hydrogens is 276 g/mol. The molecule has 5 nitrogen and oxygen atoms in total. The number of rotatable bonds is 5. The molecule has 0 radical (unpaired) electrons. The van der Waals surface area contributed by atoms with Crippen LogP contribution < -0.4 is 10.2 Å². The molecule has 2 heterocycles. The van der Waals surface area contributed by atoms with Gasteiger partial charge in [-0.05, 0) is 45.4 Å². The highest BCUT2D eigenvalue weighted by Gasteiger charge is 2.19. The van der Waals surface area contributed by atoms with Crippen LogP contribution in [-0.4, -0.2) is 36.3 Å². The molecule has 1 fully saturated rings. The second kappa shape index (κ2) is 6.92. The number of likely N-dealkylation sites (N-methyl/N-ethyl adjacent to an activating group) is 1. The number of nitrogens with one attached hydrogen (secondary N) is 1. The molecule has 1 aromatic heterocycles. The number of hydrogen-bond acceptors (Lipinski definition) is 5. The summed E-state index contributed by atoms with van der Waals surface area (Å²) in [6.07, 6.45) is 4.60. The molecular formula is C17H24N4O. The lowest BCUT2D eigenvalue weighted by molar-refractivity contribution is 0.418. The van der Waals surface area contributed by atoms with Gasteiger partial charge in [0.2, 0.25) is 0 Å². The number of benzene rings is 1. The van der Waals surface area contributed by atoms with E-state index in [1.54, 1.807) is 0 Å². The van der Waals surface area contributed by atoms with Crippen LogP contribution in [0.4, 0.5) is 5.69 Å². The molecule has 0 bridgehead atoms. The van der Waals surface area contributed by atoms with Crippen molar-refractivity contribution in [3.05, 3.63) is 30.1 Å². The van der Waals surface area contributed by atoms with E-state index in [1.165, 1.54) is 24.9 Å². The molecule has 1 saturated heterocycles. The van der Waals surface area contributed by atoms with E-state index in [0.717, 1.165) is 30.9 Å². The second-order valence-corrected chi connectivity index (χ2v) is 5.97. The zero-order valence-corrected chi connectivity index (χ0v) is 13.4. The van der Waals surface area contributed by atoms with Gasteiger partial charge in [0.1, 0.15) is 0 Å². The third-order valence-corrected chi connectivity index (χ3v) is 4.28. The summed E-state index contributed by atoms with van der Waals surface area (Å²) in [7, 11) is 1.94. The fourth-order valence-corrected chi connectivity index (χ4v) is 2.89. The Labute approximate surface area is 131 Å². The fraction of sp³-hybridized carbons (Fsp3) is 0.529. The van der Waals surface area contributed by atoms with E-state index in [9.17, 15) is 0 Å². The minimum Gasteiger partial charge on any atom is -0.371 e. The number of piperidine rings is 1. The summed E-state index contributed by atoms with van der Waals surface area (Å²) in [4.78, 5) is 7.01. The summed E-state index contributed by atoms with van der Waals surface area (Å²) in [5.74, 6) is 1.38. The summed E-state index contributed by atoms with van der Waals surface area (Å²) >= 11 is 0. The van der Waals surface area contributed by atoms with Crippen molar-refractivity contribution in [2.45, 2.75) is 38.6 Å². The number of aromatic nitrogens is 2. The largest absolute Gasteiger partial charge is 0.371 e. The van der Waals surface area contributed by atoms with E-state index in [1.807, 2.05) is 13.1 Å². The zero-order valence-electron chi connectivity index (χ0n) is 13.4. The first-order valence-corrected chi connectivity index (χ1v) is 8.12. The van der Waals surface area contributed by atoms with Crippen molar-refractivity contribution in [1.29, 1.82) is 0 Å². The molecule has 3 rings (SSSR count). The van der Waals surface area contributed by atoms with Crippen molar-refractivity contribution >= 4 is 5.69 Å². The van der Waals surface area contributed by atoms with E-state index >= 15 is 0 Å². The van der Waals surface area contributed by atoms with Gasteiger partial charge < -0.3 is 14.7 Å². The van der Waals surface area contributed by atoms with Gasteiger partial charge in [-0.3, -0.25) is 0 Å². The highest BCUT2D eigenvalue weighted by molar-refractivity contribution is 5.73. The van der Waals surface area contributed by atoms with Crippen LogP contribution in [0, 0.1) is 0 Å². The van der Waals surface area contributed by atoms with Gasteiger partial charge in [0.15, 0.2) is 5.82 Å². The predicted molar refractivity (Wildman–Crippen MR) is 88.0 cm³/mol. The lowest BCUT2D eigenvalue weighted by Gasteiger charge is -2.29. The summed E-state index contributed by atoms with van der Waals surface area (Å²) < 4.78 is 5.51. The topological polar surface area (TPSA) is 54.2 Å². The van der Waals surface area contributed by atoms with Crippen LogP contribution in [0.15, 0.2) is 28.8 Å². The Morgan fingerprint density at radius 2 is 2.00 bits per heavy atom. The number of hydrogen-bond donors (Lipinski definition) is 1. The Balaban J connectivity index is 1.85. The Morgan fingerprint density at radius 3 is 2.77 bits per heavy atom. The lowest BCUT2D eigenvalue weighted by Crippen LogP contribution is -2.29. The fourth-order valence-electron chi connectivity index (χ4n) is 2.89. The molecule has 1 unspecified atom stereocenters. The number of nitrogens with zero attached hydrogens (tertiary/aromatic N) is 3. The second-order valence-electron chi connectivity index (χ2n) is 5.97. The van der Waals surface area contributed by atoms with Crippen molar-refractivity contribution in [2.24, 2.45) is 0 Å². The molecule has 1 aliphatic rings. The van der Waals surface area contributed by atoms with E-state index in [2.05, 4.69) is 45.5 Å². The van der Waals surface area contributed by atoms with E-state index < -0.39 is 0 Å². The Bertz CT molecular complexity index is 604. The quantitative estimate of drug-likeness (QED) is 0.920. The molecule has 0 aliphatic carbocycles. The van der Waals surface area contributed by atoms with Gasteiger partial charge in [0.25, 0.3) is 5.89 Å². The van der Waals surface area contributed by atoms with Crippen LogP contribution in [0.5, 0.6) is 0 Å². The average molecular weight is 300 g/mol. The minimum absolute atomic E-state index is 0.336. The van der Waals surface area contributed by atoms with Gasteiger partial charge in [-0.25, -0.2) is 0 Å². The highest BCUT2D eigenvalue weighted by atomic mass is 16.5. The summed E-state index contributed by atoms with van der Waals surface area (Å²) in [6, 6.07) is 8.67. The van der Waals surface area contributed by atoms with Gasteiger partial charge in [0, 0.05) is 31.2 Å². The van der Waals surface area contributed by atoms with Crippen LogP contribution in [0.2, 0.25) is 0 Å². The van der Waals surface area contributed by atoms with Gasteiger partial charge in [-0.15, -0.1) is 0 Å². The van der Waals surface area contributed by atoms with Gasteiger partial charge in [-0.2, -0.15) is 4.98 Å². The first-order chi connectivity index (χ1) is 10.8. The van der Waals surface area contributed by atoms with Crippen LogP contribution in [0.3, 0.4) is 0 Å². The predicted octanol–water partition coefficient (Wildman–Crippen LogP) is 2.88. The van der Waals surface area contributed by atoms with Gasteiger partial charge >= 0.3 is 0 Å². The Hall–Kier alpha value is -1.88. The van der Waals surface area contributed by atoms with E-state index in [4.69, 9.17) is 4.52 Å². The highest BCUT2D eigenvalue weighted by Crippen LogP contribution is 2.31. The summed E-state index contributed by atoms with van der Waals surface area (Å²) in [5.41, 5.74) is 2.25. The van der Waals surface area contributed by atoms with Crippen LogP contribution in [0.1, 0.15) is 32.0 Å². The standard InChI is InChI=1S/C17H24N4O/c1-13(18-2)12-16-19-17(22-20-16)14-8-4-5-9-15(14)21-10-6-3-7-11-21/h4-5,8-9,13,18H,3,6-7,10-12H2,1-2H3. The average Bonchev–Trinajstić information content (AvgIpc) is 3.04. The van der Waals surface area contributed by atoms with Gasteiger partial charge in [-0.1, -0.05) is 17.3 Å². The molecule has 22 heavy (non-hydrogen) atoms. The first-order valence-electron chi connectivity index (χ1n) is 8.12. The molecule has 2 aromatic rings. The Kier molecular flexibility index (Phi) is 4.73. The maximum atomic E-state index is 5.51.